The minimum Gasteiger partial charge on any atom is -0.365 e. The molecule has 20 heavy (non-hydrogen) atoms. The Balaban J connectivity index is 1.81. The molecule has 2 aromatic heterocycles. The lowest BCUT2D eigenvalue weighted by molar-refractivity contribution is 0.863. The molecule has 0 aliphatic heterocycles. The SMILES string of the molecule is Cc1cncc(NCc2ccccc2-n2cccn2)n1. The summed E-state index contributed by atoms with van der Waals surface area (Å²) in [4.78, 5) is 8.51. The van der Waals surface area contributed by atoms with Gasteiger partial charge in [-0.3, -0.25) is 4.98 Å². The van der Waals surface area contributed by atoms with E-state index in [-0.39, 0.29) is 0 Å². The molecule has 0 aliphatic rings. The molecule has 2 heterocycles. The zero-order valence-electron chi connectivity index (χ0n) is 11.2. The Kier molecular flexibility index (Phi) is 3.41. The first-order chi connectivity index (χ1) is 9.83. The highest BCUT2D eigenvalue weighted by atomic mass is 15.3. The van der Waals surface area contributed by atoms with E-state index in [1.54, 1.807) is 18.6 Å². The Morgan fingerprint density at radius 1 is 1.15 bits per heavy atom. The summed E-state index contributed by atoms with van der Waals surface area (Å²) in [6.45, 7) is 2.60. The molecule has 1 N–H and O–H groups in total. The second-order valence-electron chi connectivity index (χ2n) is 4.48. The molecule has 0 spiro atoms. The van der Waals surface area contributed by atoms with Crippen LogP contribution in [0.5, 0.6) is 0 Å². The van der Waals surface area contributed by atoms with E-state index in [9.17, 15) is 0 Å². The van der Waals surface area contributed by atoms with Crippen LogP contribution in [-0.2, 0) is 6.54 Å². The fourth-order valence-electron chi connectivity index (χ4n) is 2.03. The maximum atomic E-state index is 4.38. The van der Waals surface area contributed by atoms with Crippen LogP contribution in [-0.4, -0.2) is 19.7 Å². The standard InChI is InChI=1S/C15H15N5/c1-12-9-16-11-15(19-12)17-10-13-5-2-3-6-14(13)20-8-4-7-18-20/h2-9,11H,10H2,1H3,(H,17,19). The predicted octanol–water partition coefficient (Wildman–Crippen LogP) is 2.58. The van der Waals surface area contributed by atoms with E-state index in [0.717, 1.165) is 22.8 Å². The van der Waals surface area contributed by atoms with Crippen molar-refractivity contribution in [1.82, 2.24) is 19.7 Å². The zero-order valence-corrected chi connectivity index (χ0v) is 11.2. The van der Waals surface area contributed by atoms with Gasteiger partial charge in [0.2, 0.25) is 0 Å². The number of hydrogen-bond donors (Lipinski definition) is 1. The van der Waals surface area contributed by atoms with Gasteiger partial charge < -0.3 is 5.32 Å². The van der Waals surface area contributed by atoms with E-state index in [1.807, 2.05) is 42.1 Å². The maximum absolute atomic E-state index is 4.38. The molecule has 0 atom stereocenters. The molecule has 0 fully saturated rings. The van der Waals surface area contributed by atoms with Gasteiger partial charge in [0.05, 0.1) is 17.6 Å². The lowest BCUT2D eigenvalue weighted by atomic mass is 10.2. The van der Waals surface area contributed by atoms with Crippen molar-refractivity contribution in [3.63, 3.8) is 0 Å². The van der Waals surface area contributed by atoms with Crippen LogP contribution in [0.3, 0.4) is 0 Å². The Morgan fingerprint density at radius 3 is 2.85 bits per heavy atom. The van der Waals surface area contributed by atoms with Crippen molar-refractivity contribution < 1.29 is 0 Å². The largest absolute Gasteiger partial charge is 0.365 e. The van der Waals surface area contributed by atoms with E-state index < -0.39 is 0 Å². The van der Waals surface area contributed by atoms with Crippen LogP contribution < -0.4 is 5.32 Å². The van der Waals surface area contributed by atoms with Gasteiger partial charge in [-0.05, 0) is 24.6 Å². The smallest absolute Gasteiger partial charge is 0.145 e. The van der Waals surface area contributed by atoms with E-state index in [2.05, 4.69) is 26.4 Å². The van der Waals surface area contributed by atoms with Gasteiger partial charge in [0.1, 0.15) is 5.82 Å². The Morgan fingerprint density at radius 2 is 2.05 bits per heavy atom. The number of para-hydroxylation sites is 1. The quantitative estimate of drug-likeness (QED) is 0.787. The minimum atomic E-state index is 0.675. The number of anilines is 1. The maximum Gasteiger partial charge on any atom is 0.145 e. The van der Waals surface area contributed by atoms with E-state index in [4.69, 9.17) is 0 Å². The van der Waals surface area contributed by atoms with Gasteiger partial charge in [0.15, 0.2) is 0 Å². The summed E-state index contributed by atoms with van der Waals surface area (Å²) in [5.41, 5.74) is 3.11. The van der Waals surface area contributed by atoms with Crippen LogP contribution in [0.1, 0.15) is 11.3 Å². The Labute approximate surface area is 117 Å². The molecule has 5 nitrogen and oxygen atoms in total. The molecular weight excluding hydrogens is 250 g/mol. The molecule has 1 aromatic carbocycles. The van der Waals surface area contributed by atoms with Gasteiger partial charge in [-0.15, -0.1) is 0 Å². The molecule has 0 unspecified atom stereocenters. The molecule has 100 valence electrons. The van der Waals surface area contributed by atoms with Gasteiger partial charge in [-0.25, -0.2) is 9.67 Å². The molecule has 0 saturated carbocycles. The summed E-state index contributed by atoms with van der Waals surface area (Å²) in [6.07, 6.45) is 7.17. The normalized spacial score (nSPS) is 10.4. The molecular formula is C15H15N5. The first-order valence-corrected chi connectivity index (χ1v) is 6.43. The van der Waals surface area contributed by atoms with Crippen LogP contribution in [0.4, 0.5) is 5.82 Å². The molecule has 3 rings (SSSR count). The summed E-state index contributed by atoms with van der Waals surface area (Å²) in [5.74, 6) is 0.778. The highest BCUT2D eigenvalue weighted by Crippen LogP contribution is 2.15. The second kappa shape index (κ2) is 5.52. The molecule has 3 aromatic rings. The van der Waals surface area contributed by atoms with E-state index in [1.165, 1.54) is 0 Å². The predicted molar refractivity (Wildman–Crippen MR) is 77.7 cm³/mol. The van der Waals surface area contributed by atoms with Gasteiger partial charge in [0, 0.05) is 25.1 Å². The Bertz CT molecular complexity index is 691. The van der Waals surface area contributed by atoms with Gasteiger partial charge in [0.25, 0.3) is 0 Å². The number of aromatic nitrogens is 4. The first-order valence-electron chi connectivity index (χ1n) is 6.43. The lowest BCUT2D eigenvalue weighted by Crippen LogP contribution is -2.07. The van der Waals surface area contributed by atoms with Crippen LogP contribution in [0.2, 0.25) is 0 Å². The summed E-state index contributed by atoms with van der Waals surface area (Å²) >= 11 is 0. The van der Waals surface area contributed by atoms with Gasteiger partial charge in [-0.1, -0.05) is 18.2 Å². The molecule has 0 bridgehead atoms. The monoisotopic (exact) mass is 265 g/mol. The topological polar surface area (TPSA) is 55.6 Å². The molecule has 0 amide bonds. The number of rotatable bonds is 4. The van der Waals surface area contributed by atoms with E-state index >= 15 is 0 Å². The highest BCUT2D eigenvalue weighted by molar-refractivity contribution is 5.43. The van der Waals surface area contributed by atoms with Crippen molar-refractivity contribution >= 4 is 5.82 Å². The van der Waals surface area contributed by atoms with Crippen molar-refractivity contribution in [2.24, 2.45) is 0 Å². The van der Waals surface area contributed by atoms with Gasteiger partial charge >= 0.3 is 0 Å². The van der Waals surface area contributed by atoms with Crippen LogP contribution in [0.25, 0.3) is 5.69 Å². The molecule has 0 radical (unpaired) electrons. The van der Waals surface area contributed by atoms with Crippen molar-refractivity contribution in [2.45, 2.75) is 13.5 Å². The summed E-state index contributed by atoms with van der Waals surface area (Å²) < 4.78 is 1.86. The summed E-state index contributed by atoms with van der Waals surface area (Å²) in [6, 6.07) is 10.1. The van der Waals surface area contributed by atoms with Crippen molar-refractivity contribution in [3.05, 3.63) is 66.4 Å². The lowest BCUT2D eigenvalue weighted by Gasteiger charge is -2.11. The number of hydrogen-bond acceptors (Lipinski definition) is 4. The highest BCUT2D eigenvalue weighted by Gasteiger charge is 2.04. The third kappa shape index (κ3) is 2.66. The number of aryl methyl sites for hydroxylation is 1. The second-order valence-corrected chi connectivity index (χ2v) is 4.48. The average molecular weight is 265 g/mol. The van der Waals surface area contributed by atoms with Crippen LogP contribution >= 0.6 is 0 Å². The van der Waals surface area contributed by atoms with Crippen molar-refractivity contribution in [1.29, 1.82) is 0 Å². The first kappa shape index (κ1) is 12.3. The van der Waals surface area contributed by atoms with Crippen LogP contribution in [0, 0.1) is 6.92 Å². The van der Waals surface area contributed by atoms with Crippen molar-refractivity contribution in [2.75, 3.05) is 5.32 Å². The summed E-state index contributed by atoms with van der Waals surface area (Å²) in [5, 5.41) is 7.57. The number of nitrogens with zero attached hydrogens (tertiary/aromatic N) is 4. The fraction of sp³-hybridized carbons (Fsp3) is 0.133. The number of benzene rings is 1. The summed E-state index contributed by atoms with van der Waals surface area (Å²) in [7, 11) is 0. The third-order valence-corrected chi connectivity index (χ3v) is 2.96. The average Bonchev–Trinajstić information content (AvgIpc) is 3.00. The fourth-order valence-corrected chi connectivity index (χ4v) is 2.03. The zero-order chi connectivity index (χ0) is 13.8. The third-order valence-electron chi connectivity index (χ3n) is 2.96. The molecule has 0 saturated heterocycles. The Hall–Kier alpha value is -2.69. The molecule has 0 aliphatic carbocycles. The minimum absolute atomic E-state index is 0.675. The van der Waals surface area contributed by atoms with Gasteiger partial charge in [-0.2, -0.15) is 5.10 Å². The number of nitrogens with one attached hydrogen (secondary N) is 1. The van der Waals surface area contributed by atoms with Crippen LogP contribution in [0.15, 0.2) is 55.1 Å². The van der Waals surface area contributed by atoms with Crippen molar-refractivity contribution in [3.8, 4) is 5.69 Å². The van der Waals surface area contributed by atoms with E-state index in [0.29, 0.717) is 6.54 Å². The molecule has 5 heteroatoms.